The maximum atomic E-state index is 6.52. The summed E-state index contributed by atoms with van der Waals surface area (Å²) < 4.78 is 10.7. The fourth-order valence-electron chi connectivity index (χ4n) is 6.90. The maximum absolute atomic E-state index is 6.52. The van der Waals surface area contributed by atoms with Crippen molar-refractivity contribution in [3.05, 3.63) is 132 Å². The van der Waals surface area contributed by atoms with Crippen LogP contribution >= 0.6 is 0 Å². The van der Waals surface area contributed by atoms with E-state index in [1.54, 1.807) is 0 Å². The normalized spacial score (nSPS) is 12.6. The van der Waals surface area contributed by atoms with Crippen molar-refractivity contribution in [2.45, 2.75) is 81.1 Å². The molecule has 3 heterocycles. The van der Waals surface area contributed by atoms with Gasteiger partial charge in [0.05, 0.1) is 5.69 Å². The number of fused-ring (bicyclic) bond motifs is 3. The van der Waals surface area contributed by atoms with Gasteiger partial charge < -0.3 is 9.30 Å². The minimum atomic E-state index is 0. The molecule has 0 spiro atoms. The van der Waals surface area contributed by atoms with Gasteiger partial charge in [-0.1, -0.05) is 96.4 Å². The minimum Gasteiger partial charge on any atom is -0.509 e. The quantitative estimate of drug-likeness (QED) is 0.143. The molecule has 0 fully saturated rings. The Morgan fingerprint density at radius 2 is 1.54 bits per heavy atom. The number of benzene rings is 4. The average Bonchev–Trinajstić information content (AvgIpc) is 3.58. The van der Waals surface area contributed by atoms with Crippen molar-refractivity contribution >= 4 is 21.8 Å². The standard InChI is InChI=1S/C46H48N4O.Pt/c1-30(46(7,8)9)35-18-21-41-40(27-35)39-20-19-38(29-42(39)49(41)43-26-33(23-25-47-43)22-24-45(4,5)6)51-37-17-13-16-36(28-37)50-32(3)44(31(2)48-50)34-14-11-10-12-15-34;/h10-21,23,25-27,30H,22,24H2,1-9H3;/q-2;+2. The van der Waals surface area contributed by atoms with Gasteiger partial charge in [-0.2, -0.15) is 17.2 Å². The van der Waals surface area contributed by atoms with E-state index in [0.717, 1.165) is 63.3 Å². The van der Waals surface area contributed by atoms with E-state index in [2.05, 4.69) is 140 Å². The van der Waals surface area contributed by atoms with Gasteiger partial charge >= 0.3 is 21.1 Å². The molecular weight excluding hydrogens is 820 g/mol. The minimum absolute atomic E-state index is 0. The monoisotopic (exact) mass is 867 g/mol. The molecule has 0 aliphatic rings. The summed E-state index contributed by atoms with van der Waals surface area (Å²) in [5, 5.41) is 7.21. The van der Waals surface area contributed by atoms with E-state index in [4.69, 9.17) is 14.8 Å². The van der Waals surface area contributed by atoms with Gasteiger partial charge in [-0.3, -0.25) is 4.68 Å². The fraction of sp³-hybridized carbons (Fsp3) is 0.304. The predicted molar refractivity (Wildman–Crippen MR) is 210 cm³/mol. The van der Waals surface area contributed by atoms with Gasteiger partial charge in [0.15, 0.2) is 0 Å². The molecule has 1 atom stereocenters. The third-order valence-electron chi connectivity index (χ3n) is 10.2. The molecule has 0 amide bonds. The number of nitrogens with zero attached hydrogens (tertiary/aromatic N) is 4. The van der Waals surface area contributed by atoms with Crippen molar-refractivity contribution in [1.82, 2.24) is 19.3 Å². The van der Waals surface area contributed by atoms with E-state index in [1.807, 2.05) is 41.2 Å². The van der Waals surface area contributed by atoms with Gasteiger partial charge in [0.2, 0.25) is 0 Å². The topological polar surface area (TPSA) is 44.9 Å². The van der Waals surface area contributed by atoms with Gasteiger partial charge in [0.25, 0.3) is 0 Å². The third kappa shape index (κ3) is 7.52. The van der Waals surface area contributed by atoms with E-state index in [1.165, 1.54) is 16.5 Å². The zero-order valence-corrected chi connectivity index (χ0v) is 34.0. The Morgan fingerprint density at radius 1 is 0.788 bits per heavy atom. The van der Waals surface area contributed by atoms with Crippen LogP contribution in [0.3, 0.4) is 0 Å². The van der Waals surface area contributed by atoms with Crippen LogP contribution in [0.4, 0.5) is 0 Å². The first-order chi connectivity index (χ1) is 24.3. The summed E-state index contributed by atoms with van der Waals surface area (Å²) in [4.78, 5) is 4.91. The van der Waals surface area contributed by atoms with Crippen LogP contribution in [0.25, 0.3) is 44.4 Å². The molecule has 0 aliphatic heterocycles. The molecular formula is C46H48N4OPt. The zero-order chi connectivity index (χ0) is 36.1. The van der Waals surface area contributed by atoms with Crippen molar-refractivity contribution < 1.29 is 25.8 Å². The van der Waals surface area contributed by atoms with Crippen LogP contribution < -0.4 is 4.74 Å². The number of aromatic nitrogens is 4. The van der Waals surface area contributed by atoms with Crippen LogP contribution in [0, 0.1) is 36.8 Å². The summed E-state index contributed by atoms with van der Waals surface area (Å²) in [5.74, 6) is 2.49. The van der Waals surface area contributed by atoms with Gasteiger partial charge in [0.1, 0.15) is 5.82 Å². The van der Waals surface area contributed by atoms with E-state index < -0.39 is 0 Å². The number of hydrogen-bond donors (Lipinski definition) is 0. The molecule has 7 aromatic rings. The number of hydrogen-bond acceptors (Lipinski definition) is 3. The Labute approximate surface area is 323 Å². The predicted octanol–water partition coefficient (Wildman–Crippen LogP) is 12.2. The zero-order valence-electron chi connectivity index (χ0n) is 31.7. The van der Waals surface area contributed by atoms with Crippen LogP contribution in [0.15, 0.2) is 97.2 Å². The molecule has 0 saturated carbocycles. The summed E-state index contributed by atoms with van der Waals surface area (Å²) in [6, 6.07) is 38.9. The van der Waals surface area contributed by atoms with Gasteiger partial charge in [-0.25, -0.2) is 4.98 Å². The van der Waals surface area contributed by atoms with Crippen LogP contribution in [-0.2, 0) is 27.5 Å². The first kappa shape index (κ1) is 37.3. The summed E-state index contributed by atoms with van der Waals surface area (Å²) in [6.45, 7) is 20.3. The van der Waals surface area contributed by atoms with Crippen molar-refractivity contribution in [3.63, 3.8) is 0 Å². The molecule has 3 aromatic heterocycles. The van der Waals surface area contributed by atoms with Gasteiger partial charge in [-0.05, 0) is 89.4 Å². The number of aryl methyl sites for hydroxylation is 2. The van der Waals surface area contributed by atoms with E-state index in [9.17, 15) is 0 Å². The van der Waals surface area contributed by atoms with Crippen LogP contribution in [-0.4, -0.2) is 19.3 Å². The number of pyridine rings is 1. The van der Waals surface area contributed by atoms with Crippen molar-refractivity contribution in [1.29, 1.82) is 0 Å². The summed E-state index contributed by atoms with van der Waals surface area (Å²) in [7, 11) is 0. The second kappa shape index (κ2) is 14.5. The van der Waals surface area contributed by atoms with Crippen LogP contribution in [0.2, 0.25) is 0 Å². The molecule has 0 bridgehead atoms. The first-order valence-corrected chi connectivity index (χ1v) is 18.0. The van der Waals surface area contributed by atoms with Crippen molar-refractivity contribution in [2.75, 3.05) is 0 Å². The van der Waals surface area contributed by atoms with Crippen molar-refractivity contribution in [3.8, 4) is 34.1 Å². The van der Waals surface area contributed by atoms with E-state index in [-0.39, 0.29) is 31.9 Å². The smallest absolute Gasteiger partial charge is 0.509 e. The molecule has 268 valence electrons. The molecule has 0 saturated heterocycles. The molecule has 7 rings (SSSR count). The Kier molecular flexibility index (Phi) is 10.4. The summed E-state index contributed by atoms with van der Waals surface area (Å²) >= 11 is 0. The molecule has 5 nitrogen and oxygen atoms in total. The Hall–Kier alpha value is -4.47. The van der Waals surface area contributed by atoms with E-state index in [0.29, 0.717) is 17.4 Å². The molecule has 0 radical (unpaired) electrons. The Bertz CT molecular complexity index is 2350. The number of ether oxygens (including phenoxy) is 1. The second-order valence-corrected chi connectivity index (χ2v) is 16.2. The van der Waals surface area contributed by atoms with Crippen LogP contribution in [0.5, 0.6) is 11.5 Å². The van der Waals surface area contributed by atoms with Crippen molar-refractivity contribution in [2.24, 2.45) is 10.8 Å². The maximum Gasteiger partial charge on any atom is 2.00 e. The Morgan fingerprint density at radius 3 is 2.27 bits per heavy atom. The average molecular weight is 868 g/mol. The van der Waals surface area contributed by atoms with E-state index >= 15 is 0 Å². The molecule has 4 aromatic carbocycles. The summed E-state index contributed by atoms with van der Waals surface area (Å²) in [5.41, 5.74) is 10.2. The Balaban J connectivity index is 0.00000464. The summed E-state index contributed by atoms with van der Waals surface area (Å²) in [6.07, 6.45) is 4.03. The molecule has 1 unspecified atom stereocenters. The first-order valence-electron chi connectivity index (χ1n) is 18.0. The number of rotatable bonds is 8. The molecule has 52 heavy (non-hydrogen) atoms. The fourth-order valence-corrected chi connectivity index (χ4v) is 6.90. The second-order valence-electron chi connectivity index (χ2n) is 16.2. The SMILES string of the molecule is Cc1nn(-c2[c-]c(Oc3[c-]c4c(cc3)c3cc(C(C)C(C)(C)C)ccc3n4-c3cc(CCC(C)(C)C)ccn3)ccc2)c(C)c1-c1ccccc1.[Pt+2]. The van der Waals surface area contributed by atoms with Gasteiger partial charge in [-0.15, -0.1) is 35.7 Å². The third-order valence-corrected chi connectivity index (χ3v) is 10.2. The van der Waals surface area contributed by atoms with Crippen LogP contribution in [0.1, 0.15) is 83.3 Å². The molecule has 0 N–H and O–H groups in total. The molecule has 0 aliphatic carbocycles. The van der Waals surface area contributed by atoms with Gasteiger partial charge in [0, 0.05) is 34.5 Å². The molecule has 6 heteroatoms. The largest absolute Gasteiger partial charge is 2.00 e.